The summed E-state index contributed by atoms with van der Waals surface area (Å²) < 4.78 is 15.5. The minimum absolute atomic E-state index is 0.516. The highest BCUT2D eigenvalue weighted by Crippen LogP contribution is 2.62. The summed E-state index contributed by atoms with van der Waals surface area (Å²) in [7, 11) is 0. The van der Waals surface area contributed by atoms with Gasteiger partial charge in [0.15, 0.2) is 0 Å². The van der Waals surface area contributed by atoms with E-state index < -0.39 is 5.41 Å². The van der Waals surface area contributed by atoms with Crippen molar-refractivity contribution >= 4 is 43.7 Å². The first-order valence-corrected chi connectivity index (χ1v) is 15.8. The number of aromatic nitrogens is 1. The second-order valence-electron chi connectivity index (χ2n) is 12.4. The summed E-state index contributed by atoms with van der Waals surface area (Å²) in [6.07, 6.45) is 0. The van der Waals surface area contributed by atoms with Gasteiger partial charge in [0.05, 0.1) is 16.4 Å². The van der Waals surface area contributed by atoms with Gasteiger partial charge in [-0.2, -0.15) is 0 Å². The highest BCUT2D eigenvalue weighted by Gasteiger charge is 2.51. The predicted octanol–water partition coefficient (Wildman–Crippen LogP) is 11.2. The first-order valence-electron chi connectivity index (χ1n) is 15.8. The molecule has 1 aliphatic carbocycles. The zero-order chi connectivity index (χ0) is 30.0. The summed E-state index contributed by atoms with van der Waals surface area (Å²) in [4.78, 5) is 0. The number of benzene rings is 7. The van der Waals surface area contributed by atoms with Crippen LogP contribution in [0.15, 0.2) is 156 Å². The molecule has 3 heteroatoms. The fraction of sp³-hybridized carbons (Fsp3) is 0.0233. The van der Waals surface area contributed by atoms with Crippen molar-refractivity contribution < 1.29 is 9.15 Å². The molecule has 0 amide bonds. The molecule has 2 aromatic heterocycles. The molecule has 0 unspecified atom stereocenters. The van der Waals surface area contributed by atoms with Gasteiger partial charge in [-0.25, -0.2) is 0 Å². The summed E-state index contributed by atoms with van der Waals surface area (Å²) in [6.45, 7) is 0. The molecule has 0 atom stereocenters. The summed E-state index contributed by atoms with van der Waals surface area (Å²) in [5, 5.41) is 4.60. The van der Waals surface area contributed by atoms with E-state index in [-0.39, 0.29) is 0 Å². The van der Waals surface area contributed by atoms with Crippen LogP contribution in [-0.4, -0.2) is 4.57 Å². The molecule has 11 rings (SSSR count). The molecule has 3 heterocycles. The van der Waals surface area contributed by atoms with Gasteiger partial charge >= 0.3 is 0 Å². The second-order valence-corrected chi connectivity index (χ2v) is 12.4. The van der Waals surface area contributed by atoms with Gasteiger partial charge < -0.3 is 13.7 Å². The van der Waals surface area contributed by atoms with Crippen molar-refractivity contribution in [2.24, 2.45) is 0 Å². The van der Waals surface area contributed by atoms with Gasteiger partial charge in [-0.1, -0.05) is 103 Å². The van der Waals surface area contributed by atoms with E-state index in [1.54, 1.807) is 0 Å². The molecule has 7 aromatic carbocycles. The van der Waals surface area contributed by atoms with Gasteiger partial charge in [0.25, 0.3) is 0 Å². The molecule has 0 saturated carbocycles. The Morgan fingerprint density at radius 2 is 1.07 bits per heavy atom. The predicted molar refractivity (Wildman–Crippen MR) is 185 cm³/mol. The Morgan fingerprint density at radius 3 is 1.89 bits per heavy atom. The summed E-state index contributed by atoms with van der Waals surface area (Å²) in [6, 6.07) is 54.5. The van der Waals surface area contributed by atoms with Crippen LogP contribution in [0.3, 0.4) is 0 Å². The Kier molecular flexibility index (Phi) is 4.52. The van der Waals surface area contributed by atoms with Crippen LogP contribution in [0.2, 0.25) is 0 Å². The van der Waals surface area contributed by atoms with Crippen LogP contribution < -0.4 is 4.74 Å². The van der Waals surface area contributed by atoms with Crippen LogP contribution in [-0.2, 0) is 5.41 Å². The maximum Gasteiger partial charge on any atom is 0.135 e. The van der Waals surface area contributed by atoms with Crippen LogP contribution in [0, 0.1) is 0 Å². The minimum atomic E-state index is -0.516. The van der Waals surface area contributed by atoms with Gasteiger partial charge in [0.2, 0.25) is 0 Å². The standard InChI is InChI=1S/C43H25NO2/c1-5-15-33-27(11-1)28-12-2-6-16-34(28)43(33)35-17-7-10-20-41(35)46-42-24-31-29-13-3-8-18-37(29)44(38(31)25-36(42)43)26-21-22-40-32(23-26)30-14-4-9-19-39(30)45-40/h1-25H. The van der Waals surface area contributed by atoms with Gasteiger partial charge in [-0.15, -0.1) is 0 Å². The molecule has 0 radical (unpaired) electrons. The number of para-hydroxylation sites is 3. The maximum absolute atomic E-state index is 6.84. The monoisotopic (exact) mass is 587 g/mol. The number of fused-ring (bicyclic) bond motifs is 15. The van der Waals surface area contributed by atoms with E-state index in [0.29, 0.717) is 0 Å². The topological polar surface area (TPSA) is 27.3 Å². The van der Waals surface area contributed by atoms with E-state index in [1.165, 1.54) is 38.6 Å². The molecule has 214 valence electrons. The van der Waals surface area contributed by atoms with E-state index in [2.05, 4.69) is 144 Å². The van der Waals surface area contributed by atoms with E-state index in [9.17, 15) is 0 Å². The van der Waals surface area contributed by atoms with E-state index >= 15 is 0 Å². The normalized spacial score (nSPS) is 14.0. The highest BCUT2D eigenvalue weighted by molar-refractivity contribution is 6.11. The molecule has 1 aliphatic heterocycles. The van der Waals surface area contributed by atoms with Crippen molar-refractivity contribution in [1.82, 2.24) is 4.57 Å². The molecule has 1 spiro atoms. The summed E-state index contributed by atoms with van der Waals surface area (Å²) >= 11 is 0. The smallest absolute Gasteiger partial charge is 0.135 e. The average Bonchev–Trinajstić information content (AvgIpc) is 3.74. The van der Waals surface area contributed by atoms with Crippen LogP contribution >= 0.6 is 0 Å². The molecule has 0 saturated heterocycles. The fourth-order valence-corrected chi connectivity index (χ4v) is 8.45. The lowest BCUT2D eigenvalue weighted by Crippen LogP contribution is -2.32. The lowest BCUT2D eigenvalue weighted by Gasteiger charge is -2.39. The highest BCUT2D eigenvalue weighted by atomic mass is 16.5. The van der Waals surface area contributed by atoms with Crippen molar-refractivity contribution in [3.8, 4) is 28.3 Å². The summed E-state index contributed by atoms with van der Waals surface area (Å²) in [5.41, 5.74) is 12.2. The van der Waals surface area contributed by atoms with Crippen LogP contribution in [0.25, 0.3) is 60.6 Å². The Bertz CT molecular complexity index is 2700. The largest absolute Gasteiger partial charge is 0.457 e. The fourth-order valence-electron chi connectivity index (χ4n) is 8.45. The quantitative estimate of drug-likeness (QED) is 0.191. The van der Waals surface area contributed by atoms with E-state index in [0.717, 1.165) is 55.7 Å². The lowest BCUT2D eigenvalue weighted by molar-refractivity contribution is 0.437. The van der Waals surface area contributed by atoms with Crippen molar-refractivity contribution in [2.45, 2.75) is 5.41 Å². The molecular formula is C43H25NO2. The first-order chi connectivity index (χ1) is 22.8. The van der Waals surface area contributed by atoms with Gasteiger partial charge in [-0.05, 0) is 70.8 Å². The van der Waals surface area contributed by atoms with Crippen LogP contribution in [0.4, 0.5) is 0 Å². The SMILES string of the molecule is c1ccc2c(c1)Oc1cc3c4ccccc4n(-c4ccc5oc6ccccc6c5c4)c3cc1C21c2ccccc2-c2ccccc21. The first kappa shape index (κ1) is 24.3. The molecule has 0 fully saturated rings. The van der Waals surface area contributed by atoms with Crippen molar-refractivity contribution in [1.29, 1.82) is 0 Å². The van der Waals surface area contributed by atoms with Crippen molar-refractivity contribution in [3.63, 3.8) is 0 Å². The average molecular weight is 588 g/mol. The van der Waals surface area contributed by atoms with Gasteiger partial charge in [-0.3, -0.25) is 0 Å². The number of hydrogen-bond acceptors (Lipinski definition) is 2. The molecule has 46 heavy (non-hydrogen) atoms. The van der Waals surface area contributed by atoms with Gasteiger partial charge in [0.1, 0.15) is 22.7 Å². The Labute approximate surface area is 264 Å². The number of furan rings is 1. The lowest BCUT2D eigenvalue weighted by atomic mass is 9.66. The maximum atomic E-state index is 6.84. The minimum Gasteiger partial charge on any atom is -0.457 e. The van der Waals surface area contributed by atoms with E-state index in [1.807, 2.05) is 12.1 Å². The number of rotatable bonds is 1. The van der Waals surface area contributed by atoms with Crippen LogP contribution in [0.1, 0.15) is 22.3 Å². The molecule has 2 aliphatic rings. The zero-order valence-corrected chi connectivity index (χ0v) is 24.7. The Balaban J connectivity index is 1.29. The Hall–Kier alpha value is -6.06. The molecule has 0 bridgehead atoms. The zero-order valence-electron chi connectivity index (χ0n) is 24.7. The van der Waals surface area contributed by atoms with Crippen molar-refractivity contribution in [2.75, 3.05) is 0 Å². The third kappa shape index (κ3) is 2.89. The Morgan fingerprint density at radius 1 is 0.413 bits per heavy atom. The third-order valence-corrected chi connectivity index (χ3v) is 10.3. The van der Waals surface area contributed by atoms with E-state index in [4.69, 9.17) is 9.15 Å². The number of ether oxygens (including phenoxy) is 1. The van der Waals surface area contributed by atoms with Crippen molar-refractivity contribution in [3.05, 3.63) is 174 Å². The summed E-state index contributed by atoms with van der Waals surface area (Å²) in [5.74, 6) is 1.80. The molecule has 3 nitrogen and oxygen atoms in total. The molecule has 0 N–H and O–H groups in total. The number of hydrogen-bond donors (Lipinski definition) is 0. The number of nitrogens with zero attached hydrogens (tertiary/aromatic N) is 1. The molecular weight excluding hydrogens is 562 g/mol. The second kappa shape index (κ2) is 8.56. The van der Waals surface area contributed by atoms with Gasteiger partial charge in [0, 0.05) is 38.4 Å². The molecule has 9 aromatic rings. The van der Waals surface area contributed by atoms with Crippen LogP contribution in [0.5, 0.6) is 11.5 Å². The third-order valence-electron chi connectivity index (χ3n) is 10.3.